The Morgan fingerprint density at radius 3 is 2.67 bits per heavy atom. The van der Waals surface area contributed by atoms with Gasteiger partial charge in [-0.05, 0) is 24.5 Å². The molecule has 0 unspecified atom stereocenters. The number of hydrogen-bond acceptors (Lipinski definition) is 1. The van der Waals surface area contributed by atoms with Crippen LogP contribution in [0.2, 0.25) is 0 Å². The summed E-state index contributed by atoms with van der Waals surface area (Å²) in [6.45, 7) is 0. The number of rotatable bonds is 4. The summed E-state index contributed by atoms with van der Waals surface area (Å²) in [5.41, 5.74) is 2.02. The van der Waals surface area contributed by atoms with Gasteiger partial charge in [0.15, 0.2) is 5.78 Å². The third-order valence-electron chi connectivity index (χ3n) is 2.77. The van der Waals surface area contributed by atoms with Crippen LogP contribution in [0.25, 0.3) is 0 Å². The molecule has 90 valence electrons. The van der Waals surface area contributed by atoms with Crippen LogP contribution in [-0.2, 0) is 0 Å². The van der Waals surface area contributed by atoms with Crippen molar-refractivity contribution in [2.75, 3.05) is 0 Å². The van der Waals surface area contributed by atoms with Crippen molar-refractivity contribution in [3.05, 3.63) is 84.0 Å². The van der Waals surface area contributed by atoms with Crippen LogP contribution in [0.3, 0.4) is 0 Å². The van der Waals surface area contributed by atoms with Crippen LogP contribution >= 0.6 is 0 Å². The summed E-state index contributed by atoms with van der Waals surface area (Å²) in [5.74, 6) is 0.0396. The molecule has 0 amide bonds. The lowest BCUT2D eigenvalue weighted by Crippen LogP contribution is -1.92. The van der Waals surface area contributed by atoms with E-state index in [0.29, 0.717) is 0 Å². The van der Waals surface area contributed by atoms with Gasteiger partial charge in [-0.2, -0.15) is 0 Å². The van der Waals surface area contributed by atoms with Crippen LogP contribution in [0, 0.1) is 0 Å². The monoisotopic (exact) mass is 236 g/mol. The van der Waals surface area contributed by atoms with Gasteiger partial charge in [0.1, 0.15) is 0 Å². The average molecular weight is 236 g/mol. The zero-order chi connectivity index (χ0) is 12.6. The van der Waals surface area contributed by atoms with Gasteiger partial charge in [-0.3, -0.25) is 4.79 Å². The molecule has 0 saturated carbocycles. The molecule has 1 aromatic rings. The fourth-order valence-corrected chi connectivity index (χ4v) is 1.78. The molecule has 0 radical (unpaired) electrons. The minimum absolute atomic E-state index is 0.0396. The largest absolute Gasteiger partial charge is 0.289 e. The standard InChI is InChI=1S/C17H16O/c18-17(16-12-5-2-6-13-16)14-8-7-11-15-9-3-1-4-10-15/h1-3,5-9,11-14H,4,10H2/b11-7+,14-8+. The molecule has 1 aromatic carbocycles. The lowest BCUT2D eigenvalue weighted by Gasteiger charge is -2.01. The van der Waals surface area contributed by atoms with Crippen molar-refractivity contribution >= 4 is 5.78 Å². The smallest absolute Gasteiger partial charge is 0.185 e. The maximum atomic E-state index is 11.7. The van der Waals surface area contributed by atoms with Crippen molar-refractivity contribution in [2.45, 2.75) is 12.8 Å². The van der Waals surface area contributed by atoms with Gasteiger partial charge in [0.25, 0.3) is 0 Å². The normalized spacial score (nSPS) is 15.2. The molecule has 18 heavy (non-hydrogen) atoms. The zero-order valence-corrected chi connectivity index (χ0v) is 10.3. The van der Waals surface area contributed by atoms with Crippen molar-refractivity contribution in [2.24, 2.45) is 0 Å². The molecule has 0 fully saturated rings. The predicted molar refractivity (Wildman–Crippen MR) is 75.5 cm³/mol. The number of carbonyl (C=O) groups excluding carboxylic acids is 1. The van der Waals surface area contributed by atoms with Gasteiger partial charge in [-0.1, -0.05) is 66.8 Å². The van der Waals surface area contributed by atoms with Crippen LogP contribution in [0.1, 0.15) is 23.2 Å². The summed E-state index contributed by atoms with van der Waals surface area (Å²) >= 11 is 0. The van der Waals surface area contributed by atoms with E-state index in [0.717, 1.165) is 18.4 Å². The third-order valence-corrected chi connectivity index (χ3v) is 2.77. The molecule has 0 bridgehead atoms. The number of benzene rings is 1. The second-order valence-electron chi connectivity index (χ2n) is 4.16. The predicted octanol–water partition coefficient (Wildman–Crippen LogP) is 4.26. The van der Waals surface area contributed by atoms with Gasteiger partial charge < -0.3 is 0 Å². The summed E-state index contributed by atoms with van der Waals surface area (Å²) in [7, 11) is 0. The lowest BCUT2D eigenvalue weighted by molar-refractivity contribution is 0.104. The van der Waals surface area contributed by atoms with E-state index in [4.69, 9.17) is 0 Å². The summed E-state index contributed by atoms with van der Waals surface area (Å²) in [6, 6.07) is 9.30. The SMILES string of the molecule is O=C(/C=C/C=C/C1=CC=CCC1)c1ccccc1. The Kier molecular flexibility index (Phi) is 4.48. The van der Waals surface area contributed by atoms with E-state index in [1.54, 1.807) is 12.2 Å². The molecule has 0 atom stereocenters. The molecular formula is C17H16O. The van der Waals surface area contributed by atoms with E-state index in [-0.39, 0.29) is 5.78 Å². The molecule has 0 N–H and O–H groups in total. The van der Waals surface area contributed by atoms with Gasteiger partial charge in [-0.15, -0.1) is 0 Å². The van der Waals surface area contributed by atoms with Gasteiger partial charge >= 0.3 is 0 Å². The van der Waals surface area contributed by atoms with Gasteiger partial charge in [0, 0.05) is 5.56 Å². The van der Waals surface area contributed by atoms with E-state index in [9.17, 15) is 4.79 Å². The van der Waals surface area contributed by atoms with Crippen molar-refractivity contribution in [3.63, 3.8) is 0 Å². The second kappa shape index (κ2) is 6.55. The molecule has 0 aliphatic heterocycles. The zero-order valence-electron chi connectivity index (χ0n) is 10.3. The first-order valence-electron chi connectivity index (χ1n) is 6.16. The quantitative estimate of drug-likeness (QED) is 0.433. The number of hydrogen-bond donors (Lipinski definition) is 0. The van der Waals surface area contributed by atoms with Crippen LogP contribution in [0.15, 0.2) is 78.4 Å². The Balaban J connectivity index is 1.92. The Labute approximate surface area is 108 Å². The van der Waals surface area contributed by atoms with E-state index in [1.165, 1.54) is 5.57 Å². The highest BCUT2D eigenvalue weighted by Crippen LogP contribution is 2.12. The van der Waals surface area contributed by atoms with Gasteiger partial charge in [0.05, 0.1) is 0 Å². The molecule has 0 saturated heterocycles. The van der Waals surface area contributed by atoms with Gasteiger partial charge in [-0.25, -0.2) is 0 Å². The molecular weight excluding hydrogens is 220 g/mol. The van der Waals surface area contributed by atoms with E-state index in [1.807, 2.05) is 36.4 Å². The van der Waals surface area contributed by atoms with Crippen molar-refractivity contribution in [1.82, 2.24) is 0 Å². The lowest BCUT2D eigenvalue weighted by atomic mass is 10.0. The Morgan fingerprint density at radius 1 is 1.11 bits per heavy atom. The summed E-state index contributed by atoms with van der Waals surface area (Å²) < 4.78 is 0. The number of ketones is 1. The van der Waals surface area contributed by atoms with E-state index in [2.05, 4.69) is 24.3 Å². The van der Waals surface area contributed by atoms with Crippen LogP contribution in [0.5, 0.6) is 0 Å². The maximum absolute atomic E-state index is 11.7. The maximum Gasteiger partial charge on any atom is 0.185 e. The second-order valence-corrected chi connectivity index (χ2v) is 4.16. The van der Waals surface area contributed by atoms with Crippen molar-refractivity contribution in [1.29, 1.82) is 0 Å². The molecule has 1 nitrogen and oxygen atoms in total. The highest BCUT2D eigenvalue weighted by molar-refractivity contribution is 6.04. The Morgan fingerprint density at radius 2 is 1.94 bits per heavy atom. The first-order valence-corrected chi connectivity index (χ1v) is 6.16. The number of carbonyl (C=O) groups is 1. The minimum atomic E-state index is 0.0396. The highest BCUT2D eigenvalue weighted by Gasteiger charge is 1.98. The molecule has 1 aliphatic rings. The van der Waals surface area contributed by atoms with Crippen LogP contribution < -0.4 is 0 Å². The molecule has 1 aliphatic carbocycles. The van der Waals surface area contributed by atoms with E-state index < -0.39 is 0 Å². The third kappa shape index (κ3) is 3.70. The molecule has 0 spiro atoms. The fraction of sp³-hybridized carbons (Fsp3) is 0.118. The highest BCUT2D eigenvalue weighted by atomic mass is 16.1. The van der Waals surface area contributed by atoms with Gasteiger partial charge in [0.2, 0.25) is 0 Å². The topological polar surface area (TPSA) is 17.1 Å². The van der Waals surface area contributed by atoms with Crippen molar-refractivity contribution in [3.8, 4) is 0 Å². The summed E-state index contributed by atoms with van der Waals surface area (Å²) in [4.78, 5) is 11.7. The van der Waals surface area contributed by atoms with E-state index >= 15 is 0 Å². The fourth-order valence-electron chi connectivity index (χ4n) is 1.78. The first kappa shape index (κ1) is 12.3. The minimum Gasteiger partial charge on any atom is -0.289 e. The summed E-state index contributed by atoms with van der Waals surface area (Å²) in [5, 5.41) is 0. The molecule has 2 rings (SSSR count). The van der Waals surface area contributed by atoms with Crippen LogP contribution in [-0.4, -0.2) is 5.78 Å². The molecule has 0 heterocycles. The van der Waals surface area contributed by atoms with Crippen molar-refractivity contribution < 1.29 is 4.79 Å². The Bertz CT molecular complexity index is 516. The molecule has 1 heteroatoms. The number of allylic oxidation sites excluding steroid dienone is 8. The first-order chi connectivity index (χ1) is 8.86. The average Bonchev–Trinajstić information content (AvgIpc) is 2.45. The molecule has 0 aromatic heterocycles. The summed E-state index contributed by atoms with van der Waals surface area (Å²) in [6.07, 6.45) is 15.9. The Hall–Kier alpha value is -2.15. The van der Waals surface area contributed by atoms with Crippen LogP contribution in [0.4, 0.5) is 0 Å².